The van der Waals surface area contributed by atoms with Crippen LogP contribution >= 0.6 is 15.9 Å². The Morgan fingerprint density at radius 2 is 1.95 bits per heavy atom. The van der Waals surface area contributed by atoms with Crippen LogP contribution < -0.4 is 5.73 Å². The molecule has 0 spiro atoms. The smallest absolute Gasteiger partial charge is 0.254 e. The van der Waals surface area contributed by atoms with Crippen molar-refractivity contribution < 1.29 is 4.79 Å². The lowest BCUT2D eigenvalue weighted by Gasteiger charge is -2.23. The number of carbonyl (C=O) groups is 1. The van der Waals surface area contributed by atoms with E-state index in [2.05, 4.69) is 22.0 Å². The van der Waals surface area contributed by atoms with E-state index in [1.54, 1.807) is 0 Å². The first-order valence-electron chi connectivity index (χ1n) is 6.82. The van der Waals surface area contributed by atoms with E-state index in [9.17, 15) is 4.79 Å². The number of amides is 1. The number of benzene rings is 2. The van der Waals surface area contributed by atoms with Gasteiger partial charge in [-0.1, -0.05) is 28.1 Å². The minimum atomic E-state index is 0.0790. The van der Waals surface area contributed by atoms with Gasteiger partial charge in [0.25, 0.3) is 5.91 Å². The van der Waals surface area contributed by atoms with Gasteiger partial charge < -0.3 is 10.6 Å². The van der Waals surface area contributed by atoms with Gasteiger partial charge in [0.2, 0.25) is 0 Å². The van der Waals surface area contributed by atoms with Crippen molar-refractivity contribution in [2.45, 2.75) is 25.4 Å². The van der Waals surface area contributed by atoms with E-state index in [4.69, 9.17) is 5.73 Å². The Morgan fingerprint density at radius 3 is 2.65 bits per heavy atom. The van der Waals surface area contributed by atoms with Crippen molar-refractivity contribution >= 4 is 32.6 Å². The SMILES string of the molecule is CC1C(N)CCN1C(=O)c1ccc2cc(Br)ccc2c1. The molecule has 1 fully saturated rings. The number of nitrogens with zero attached hydrogens (tertiary/aromatic N) is 1. The van der Waals surface area contributed by atoms with Crippen LogP contribution in [0.3, 0.4) is 0 Å². The molecule has 0 bridgehead atoms. The summed E-state index contributed by atoms with van der Waals surface area (Å²) in [6.45, 7) is 2.77. The number of hydrogen-bond donors (Lipinski definition) is 1. The van der Waals surface area contributed by atoms with Crippen molar-refractivity contribution in [2.24, 2.45) is 5.73 Å². The second-order valence-electron chi connectivity index (χ2n) is 5.40. The number of hydrogen-bond acceptors (Lipinski definition) is 2. The maximum absolute atomic E-state index is 12.6. The fraction of sp³-hybridized carbons (Fsp3) is 0.312. The summed E-state index contributed by atoms with van der Waals surface area (Å²) in [4.78, 5) is 14.5. The normalized spacial score (nSPS) is 22.4. The minimum absolute atomic E-state index is 0.0790. The molecule has 2 aromatic rings. The topological polar surface area (TPSA) is 46.3 Å². The molecule has 1 aliphatic rings. The summed E-state index contributed by atoms with van der Waals surface area (Å²) in [5.41, 5.74) is 6.73. The average Bonchev–Trinajstić information content (AvgIpc) is 2.77. The highest BCUT2D eigenvalue weighted by molar-refractivity contribution is 9.10. The number of carbonyl (C=O) groups excluding carboxylic acids is 1. The van der Waals surface area contributed by atoms with Crippen LogP contribution in [-0.4, -0.2) is 29.4 Å². The fourth-order valence-electron chi connectivity index (χ4n) is 2.77. The first-order valence-corrected chi connectivity index (χ1v) is 7.61. The lowest BCUT2D eigenvalue weighted by molar-refractivity contribution is 0.0742. The molecule has 2 unspecified atom stereocenters. The Balaban J connectivity index is 1.94. The van der Waals surface area contributed by atoms with Crippen molar-refractivity contribution in [1.29, 1.82) is 0 Å². The molecule has 1 aliphatic heterocycles. The standard InChI is InChI=1S/C16H17BrN2O/c1-10-15(18)6-7-19(10)16(20)13-3-2-12-9-14(17)5-4-11(12)8-13/h2-5,8-10,15H,6-7,18H2,1H3. The lowest BCUT2D eigenvalue weighted by atomic mass is 10.1. The third-order valence-electron chi connectivity index (χ3n) is 4.12. The monoisotopic (exact) mass is 332 g/mol. The molecule has 1 amide bonds. The summed E-state index contributed by atoms with van der Waals surface area (Å²) in [5.74, 6) is 0.0790. The van der Waals surface area contributed by atoms with Gasteiger partial charge in [-0.25, -0.2) is 0 Å². The van der Waals surface area contributed by atoms with Crippen LogP contribution in [0.5, 0.6) is 0 Å². The van der Waals surface area contributed by atoms with Gasteiger partial charge in [-0.15, -0.1) is 0 Å². The molecule has 1 heterocycles. The summed E-state index contributed by atoms with van der Waals surface area (Å²) in [7, 11) is 0. The molecule has 0 aliphatic carbocycles. The molecule has 3 nitrogen and oxygen atoms in total. The molecule has 2 aromatic carbocycles. The van der Waals surface area contributed by atoms with E-state index in [0.717, 1.165) is 33.8 Å². The van der Waals surface area contributed by atoms with Crippen molar-refractivity contribution in [3.8, 4) is 0 Å². The first-order chi connectivity index (χ1) is 9.56. The predicted molar refractivity (Wildman–Crippen MR) is 84.7 cm³/mol. The third-order valence-corrected chi connectivity index (χ3v) is 4.62. The highest BCUT2D eigenvalue weighted by Gasteiger charge is 2.31. The van der Waals surface area contributed by atoms with Crippen LogP contribution in [0.25, 0.3) is 10.8 Å². The number of likely N-dealkylation sites (tertiary alicyclic amines) is 1. The Kier molecular flexibility index (Phi) is 3.52. The van der Waals surface area contributed by atoms with E-state index in [1.807, 2.05) is 42.2 Å². The summed E-state index contributed by atoms with van der Waals surface area (Å²) in [5, 5.41) is 2.21. The van der Waals surface area contributed by atoms with Crippen LogP contribution in [0.1, 0.15) is 23.7 Å². The van der Waals surface area contributed by atoms with Gasteiger partial charge in [-0.2, -0.15) is 0 Å². The van der Waals surface area contributed by atoms with Gasteiger partial charge in [-0.3, -0.25) is 4.79 Å². The maximum Gasteiger partial charge on any atom is 0.254 e. The molecule has 1 saturated heterocycles. The molecule has 2 atom stereocenters. The quantitative estimate of drug-likeness (QED) is 0.871. The molecular formula is C16H17BrN2O. The van der Waals surface area contributed by atoms with E-state index in [-0.39, 0.29) is 18.0 Å². The maximum atomic E-state index is 12.6. The van der Waals surface area contributed by atoms with E-state index >= 15 is 0 Å². The van der Waals surface area contributed by atoms with Crippen molar-refractivity contribution in [3.05, 3.63) is 46.4 Å². The average molecular weight is 333 g/mol. The zero-order chi connectivity index (χ0) is 14.3. The summed E-state index contributed by atoms with van der Waals surface area (Å²) in [6, 6.07) is 12.1. The Labute approximate surface area is 126 Å². The fourth-order valence-corrected chi connectivity index (χ4v) is 3.14. The Hall–Kier alpha value is -1.39. The van der Waals surface area contributed by atoms with E-state index in [0.29, 0.717) is 0 Å². The summed E-state index contributed by atoms with van der Waals surface area (Å²) in [6.07, 6.45) is 0.882. The minimum Gasteiger partial charge on any atom is -0.334 e. The highest BCUT2D eigenvalue weighted by atomic mass is 79.9. The third kappa shape index (κ3) is 2.34. The predicted octanol–water partition coefficient (Wildman–Crippen LogP) is 3.16. The van der Waals surface area contributed by atoms with Crippen LogP contribution in [0.15, 0.2) is 40.9 Å². The zero-order valence-corrected chi connectivity index (χ0v) is 12.9. The molecular weight excluding hydrogens is 316 g/mol. The zero-order valence-electron chi connectivity index (χ0n) is 11.3. The largest absolute Gasteiger partial charge is 0.334 e. The molecule has 4 heteroatoms. The second kappa shape index (κ2) is 5.19. The van der Waals surface area contributed by atoms with Crippen LogP contribution in [0.4, 0.5) is 0 Å². The second-order valence-corrected chi connectivity index (χ2v) is 6.31. The van der Waals surface area contributed by atoms with E-state index in [1.165, 1.54) is 0 Å². The summed E-state index contributed by atoms with van der Waals surface area (Å²) < 4.78 is 1.04. The van der Waals surface area contributed by atoms with E-state index < -0.39 is 0 Å². The Morgan fingerprint density at radius 1 is 1.25 bits per heavy atom. The molecule has 104 valence electrons. The van der Waals surface area contributed by atoms with Crippen LogP contribution in [-0.2, 0) is 0 Å². The summed E-state index contributed by atoms with van der Waals surface area (Å²) >= 11 is 3.46. The van der Waals surface area contributed by atoms with Gasteiger partial charge in [0.05, 0.1) is 0 Å². The molecule has 0 radical (unpaired) electrons. The molecule has 20 heavy (non-hydrogen) atoms. The Bertz CT molecular complexity index is 671. The van der Waals surface area contributed by atoms with Gasteiger partial charge in [-0.05, 0) is 48.4 Å². The number of nitrogens with two attached hydrogens (primary N) is 1. The van der Waals surface area contributed by atoms with Crippen LogP contribution in [0.2, 0.25) is 0 Å². The van der Waals surface area contributed by atoms with Gasteiger partial charge in [0.1, 0.15) is 0 Å². The molecule has 0 aromatic heterocycles. The van der Waals surface area contributed by atoms with Gasteiger partial charge in [0.15, 0.2) is 0 Å². The number of fused-ring (bicyclic) bond motifs is 1. The van der Waals surface area contributed by atoms with Crippen molar-refractivity contribution in [3.63, 3.8) is 0 Å². The molecule has 3 rings (SSSR count). The van der Waals surface area contributed by atoms with Crippen molar-refractivity contribution in [1.82, 2.24) is 4.90 Å². The number of rotatable bonds is 1. The van der Waals surface area contributed by atoms with Crippen LogP contribution in [0, 0.1) is 0 Å². The molecule has 0 saturated carbocycles. The lowest BCUT2D eigenvalue weighted by Crippen LogP contribution is -2.40. The number of halogens is 1. The van der Waals surface area contributed by atoms with Gasteiger partial charge >= 0.3 is 0 Å². The molecule has 2 N–H and O–H groups in total. The highest BCUT2D eigenvalue weighted by Crippen LogP contribution is 2.24. The first kappa shape index (κ1) is 13.6. The van der Waals surface area contributed by atoms with Gasteiger partial charge in [0, 0.05) is 28.7 Å². The van der Waals surface area contributed by atoms with Crippen molar-refractivity contribution in [2.75, 3.05) is 6.54 Å².